The summed E-state index contributed by atoms with van der Waals surface area (Å²) < 4.78 is 21.1. The summed E-state index contributed by atoms with van der Waals surface area (Å²) in [5.74, 6) is -0.541. The summed E-state index contributed by atoms with van der Waals surface area (Å²) in [6.07, 6.45) is -1.49. The molecule has 1 rings (SSSR count). The zero-order chi connectivity index (χ0) is 13.5. The molecule has 1 aromatic carbocycles. The number of hydrogen-bond donors (Lipinski definition) is 1. The molecule has 18 heavy (non-hydrogen) atoms. The van der Waals surface area contributed by atoms with Crippen molar-refractivity contribution in [2.24, 2.45) is 4.36 Å². The van der Waals surface area contributed by atoms with Gasteiger partial charge in [-0.3, -0.25) is 9.16 Å². The van der Waals surface area contributed by atoms with Crippen molar-refractivity contribution in [2.75, 3.05) is 0 Å². The molecule has 0 aliphatic heterocycles. The highest BCUT2D eigenvalue weighted by Crippen LogP contribution is 2.16. The summed E-state index contributed by atoms with van der Waals surface area (Å²) in [6.45, 7) is 2.84. The molecule has 1 N–H and O–H groups in total. The summed E-state index contributed by atoms with van der Waals surface area (Å²) in [5.41, 5.74) is 0.798. The van der Waals surface area contributed by atoms with E-state index in [2.05, 4.69) is 4.36 Å². The number of hydrogen-bond acceptors (Lipinski definition) is 5. The molecule has 0 radical (unpaired) electrons. The first-order valence-electron chi connectivity index (χ1n) is 5.15. The van der Waals surface area contributed by atoms with Crippen LogP contribution in [0.3, 0.4) is 0 Å². The van der Waals surface area contributed by atoms with Gasteiger partial charge in [0.25, 0.3) is 0 Å². The van der Waals surface area contributed by atoms with Crippen molar-refractivity contribution in [1.82, 2.24) is 4.72 Å². The van der Waals surface area contributed by atoms with Gasteiger partial charge in [-0.15, -0.1) is 0 Å². The standard InChI is InChI=1S/C11H13N2O4S/c1-8(10-6-4-3-5-7-10)17-11(15)13-18(16)12-9(2)14/h3-8H,1-2H3,(H,12,13,14,15,16)/q-1/t8-/m0/s1. The van der Waals surface area contributed by atoms with E-state index in [1.165, 1.54) is 6.92 Å². The fraction of sp³-hybridized carbons (Fsp3) is 0.273. The zero-order valence-electron chi connectivity index (χ0n) is 9.95. The van der Waals surface area contributed by atoms with Crippen LogP contribution in [0.1, 0.15) is 25.5 Å². The van der Waals surface area contributed by atoms with Gasteiger partial charge >= 0.3 is 6.09 Å². The van der Waals surface area contributed by atoms with E-state index in [9.17, 15) is 13.8 Å². The number of nitrogens with one attached hydrogen (secondary N) is 1. The van der Waals surface area contributed by atoms with Crippen LogP contribution in [0.25, 0.3) is 0 Å². The van der Waals surface area contributed by atoms with Crippen LogP contribution >= 0.6 is 0 Å². The van der Waals surface area contributed by atoms with E-state index in [0.29, 0.717) is 0 Å². The Balaban J connectivity index is 2.60. The number of nitrogens with zero attached hydrogens (tertiary/aromatic N) is 1. The normalized spacial score (nSPS) is 13.7. The van der Waals surface area contributed by atoms with E-state index in [0.717, 1.165) is 5.56 Å². The SMILES string of the molecule is CC(=O)N[S-](=O)=NC(=O)O[C@@H](C)c1ccccc1. The molecule has 1 atom stereocenters. The second-order valence-corrected chi connectivity index (χ2v) is 4.32. The van der Waals surface area contributed by atoms with E-state index in [1.54, 1.807) is 19.1 Å². The molecule has 7 heteroatoms. The maximum atomic E-state index is 11.3. The fourth-order valence-electron chi connectivity index (χ4n) is 1.18. The van der Waals surface area contributed by atoms with E-state index >= 15 is 0 Å². The molecule has 0 aliphatic rings. The lowest BCUT2D eigenvalue weighted by Crippen LogP contribution is -2.17. The topological polar surface area (TPSA) is 84.8 Å². The molecular weight excluding hydrogens is 256 g/mol. The van der Waals surface area contributed by atoms with E-state index in [-0.39, 0.29) is 0 Å². The molecule has 2 amide bonds. The lowest BCUT2D eigenvalue weighted by atomic mass is 10.1. The number of rotatable bonds is 3. The molecule has 98 valence electrons. The van der Waals surface area contributed by atoms with Crippen molar-refractivity contribution in [1.29, 1.82) is 0 Å². The first kappa shape index (κ1) is 14.2. The van der Waals surface area contributed by atoms with Gasteiger partial charge in [0.15, 0.2) is 0 Å². The summed E-state index contributed by atoms with van der Waals surface area (Å²) >= 11 is 0. The second-order valence-electron chi connectivity index (χ2n) is 3.44. The van der Waals surface area contributed by atoms with Crippen LogP contribution in [-0.2, 0) is 24.5 Å². The summed E-state index contributed by atoms with van der Waals surface area (Å²) in [6, 6.07) is 9.05. The molecule has 0 heterocycles. The van der Waals surface area contributed by atoms with Gasteiger partial charge in [0.05, 0.1) is 0 Å². The number of benzene rings is 1. The Morgan fingerprint density at radius 2 is 1.94 bits per heavy atom. The van der Waals surface area contributed by atoms with Gasteiger partial charge in [-0.05, 0) is 12.5 Å². The van der Waals surface area contributed by atoms with Gasteiger partial charge in [0.1, 0.15) is 6.10 Å². The summed E-state index contributed by atoms with van der Waals surface area (Å²) in [7, 11) is -2.10. The van der Waals surface area contributed by atoms with Crippen LogP contribution < -0.4 is 4.72 Å². The van der Waals surface area contributed by atoms with Crippen molar-refractivity contribution in [2.45, 2.75) is 20.0 Å². The minimum absolute atomic E-state index is 0.503. The minimum atomic E-state index is -2.10. The smallest absolute Gasteiger partial charge is 0.412 e. The molecule has 0 saturated heterocycles. The highest BCUT2D eigenvalue weighted by Gasteiger charge is 2.08. The van der Waals surface area contributed by atoms with Crippen LogP contribution in [0.4, 0.5) is 4.79 Å². The first-order chi connectivity index (χ1) is 8.49. The average molecular weight is 269 g/mol. The third kappa shape index (κ3) is 4.96. The lowest BCUT2D eigenvalue weighted by Gasteiger charge is -2.12. The Labute approximate surface area is 107 Å². The van der Waals surface area contributed by atoms with Crippen molar-refractivity contribution in [3.63, 3.8) is 0 Å². The fourth-order valence-corrected chi connectivity index (χ4v) is 1.65. The Hall–Kier alpha value is -1.89. The third-order valence-electron chi connectivity index (χ3n) is 1.94. The predicted octanol–water partition coefficient (Wildman–Crippen LogP) is 2.08. The Morgan fingerprint density at radius 3 is 2.50 bits per heavy atom. The highest BCUT2D eigenvalue weighted by atomic mass is 32.2. The average Bonchev–Trinajstić information content (AvgIpc) is 2.28. The van der Waals surface area contributed by atoms with E-state index in [1.807, 2.05) is 22.9 Å². The van der Waals surface area contributed by atoms with Crippen molar-refractivity contribution in [3.05, 3.63) is 35.9 Å². The van der Waals surface area contributed by atoms with Crippen molar-refractivity contribution >= 4 is 22.8 Å². The molecule has 0 saturated carbocycles. The number of ether oxygens (including phenoxy) is 1. The van der Waals surface area contributed by atoms with Gasteiger partial charge in [0, 0.05) is 6.92 Å². The van der Waals surface area contributed by atoms with Crippen molar-refractivity contribution in [3.8, 4) is 0 Å². The Bertz CT molecular complexity index is 509. The quantitative estimate of drug-likeness (QED) is 0.851. The summed E-state index contributed by atoms with van der Waals surface area (Å²) in [5, 5.41) is 0. The molecular formula is C11H13N2O4S-. The monoisotopic (exact) mass is 269 g/mol. The zero-order valence-corrected chi connectivity index (χ0v) is 10.8. The maximum absolute atomic E-state index is 11.3. The van der Waals surface area contributed by atoms with Crippen LogP contribution in [-0.4, -0.2) is 12.0 Å². The molecule has 6 nitrogen and oxygen atoms in total. The van der Waals surface area contributed by atoms with Gasteiger partial charge in [-0.1, -0.05) is 41.1 Å². The van der Waals surface area contributed by atoms with Crippen LogP contribution in [0.15, 0.2) is 34.7 Å². The van der Waals surface area contributed by atoms with Gasteiger partial charge in [0.2, 0.25) is 5.91 Å². The first-order valence-corrected chi connectivity index (χ1v) is 6.26. The molecule has 1 aromatic rings. The second kappa shape index (κ2) is 6.75. The molecule has 0 fully saturated rings. The van der Waals surface area contributed by atoms with E-state index < -0.39 is 28.9 Å². The van der Waals surface area contributed by atoms with Crippen LogP contribution in [0.2, 0.25) is 0 Å². The molecule has 0 aromatic heterocycles. The van der Waals surface area contributed by atoms with Gasteiger partial charge in [-0.2, -0.15) is 0 Å². The highest BCUT2D eigenvalue weighted by molar-refractivity contribution is 7.73. The lowest BCUT2D eigenvalue weighted by molar-refractivity contribution is -0.117. The largest absolute Gasteiger partial charge is 0.441 e. The predicted molar refractivity (Wildman–Crippen MR) is 65.6 cm³/mol. The molecule has 0 unspecified atom stereocenters. The van der Waals surface area contributed by atoms with E-state index in [4.69, 9.17) is 4.74 Å². The minimum Gasteiger partial charge on any atom is -0.441 e. The third-order valence-corrected chi connectivity index (χ3v) is 2.71. The number of carbonyl (C=O) groups excluding carboxylic acids is 2. The molecule has 0 aliphatic carbocycles. The van der Waals surface area contributed by atoms with Crippen LogP contribution in [0, 0.1) is 0 Å². The molecule has 0 bridgehead atoms. The Morgan fingerprint density at radius 1 is 1.33 bits per heavy atom. The Kier molecular flexibility index (Phi) is 5.31. The molecule has 0 spiro atoms. The maximum Gasteiger partial charge on any atom is 0.412 e. The van der Waals surface area contributed by atoms with Gasteiger partial charge < -0.3 is 13.7 Å². The van der Waals surface area contributed by atoms with Crippen LogP contribution in [0.5, 0.6) is 0 Å². The number of amides is 2. The van der Waals surface area contributed by atoms with Gasteiger partial charge in [-0.25, -0.2) is 4.79 Å². The summed E-state index contributed by atoms with van der Waals surface area (Å²) in [4.78, 5) is 21.8. The van der Waals surface area contributed by atoms with Crippen molar-refractivity contribution < 1.29 is 18.5 Å². The number of carbonyl (C=O) groups is 2.